The number of nitrogens with one attached hydrogen (secondary N) is 1. The molecule has 0 saturated carbocycles. The van der Waals surface area contributed by atoms with E-state index in [0.717, 1.165) is 25.0 Å². The van der Waals surface area contributed by atoms with E-state index in [-0.39, 0.29) is 35.9 Å². The second kappa shape index (κ2) is 11.8. The van der Waals surface area contributed by atoms with Crippen molar-refractivity contribution >= 4 is 29.9 Å². The minimum absolute atomic E-state index is 0. The maximum Gasteiger partial charge on any atom is 0.193 e. The topological polar surface area (TPSA) is 40.1 Å². The van der Waals surface area contributed by atoms with Crippen LogP contribution >= 0.6 is 24.0 Å². The summed E-state index contributed by atoms with van der Waals surface area (Å²) < 4.78 is 18.8. The lowest BCUT2D eigenvalue weighted by atomic mass is 10.1. The van der Waals surface area contributed by atoms with Gasteiger partial charge in [0.2, 0.25) is 0 Å². The summed E-state index contributed by atoms with van der Waals surface area (Å²) in [5.41, 5.74) is 0. The highest BCUT2D eigenvalue weighted by atomic mass is 127. The van der Waals surface area contributed by atoms with Crippen molar-refractivity contribution in [2.24, 2.45) is 10.9 Å². The lowest BCUT2D eigenvalue weighted by molar-refractivity contribution is 0.197. The summed E-state index contributed by atoms with van der Waals surface area (Å²) in [6.07, 6.45) is 5.30. The fourth-order valence-corrected chi connectivity index (χ4v) is 4.04. The number of ether oxygens (including phenoxy) is 1. The molecule has 2 fully saturated rings. The van der Waals surface area contributed by atoms with Gasteiger partial charge in [-0.25, -0.2) is 4.39 Å². The normalized spacial score (nSPS) is 21.9. The van der Waals surface area contributed by atoms with Crippen LogP contribution in [0.25, 0.3) is 0 Å². The summed E-state index contributed by atoms with van der Waals surface area (Å²) in [7, 11) is 1.84. The number of guanidine groups is 1. The van der Waals surface area contributed by atoms with Gasteiger partial charge in [-0.1, -0.05) is 6.42 Å². The molecule has 0 amide bonds. The van der Waals surface area contributed by atoms with Gasteiger partial charge >= 0.3 is 0 Å². The molecule has 2 aliphatic rings. The number of likely N-dealkylation sites (tertiary alicyclic amines) is 2. The van der Waals surface area contributed by atoms with E-state index in [9.17, 15) is 4.39 Å². The molecule has 1 aromatic rings. The molecule has 2 atom stereocenters. The second-order valence-electron chi connectivity index (χ2n) is 7.77. The number of benzene rings is 1. The first kappa shape index (κ1) is 23.2. The Morgan fingerprint density at radius 3 is 2.61 bits per heavy atom. The van der Waals surface area contributed by atoms with Crippen molar-refractivity contribution < 1.29 is 9.13 Å². The largest absolute Gasteiger partial charge is 0.489 e. The van der Waals surface area contributed by atoms with Crippen LogP contribution in [-0.2, 0) is 0 Å². The van der Waals surface area contributed by atoms with Gasteiger partial charge in [-0.3, -0.25) is 4.99 Å². The molecule has 1 N–H and O–H groups in total. The summed E-state index contributed by atoms with van der Waals surface area (Å²) in [4.78, 5) is 9.45. The Morgan fingerprint density at radius 1 is 1.21 bits per heavy atom. The predicted octanol–water partition coefficient (Wildman–Crippen LogP) is 3.59. The summed E-state index contributed by atoms with van der Waals surface area (Å²) in [5, 5.41) is 3.43. The highest BCUT2D eigenvalue weighted by molar-refractivity contribution is 14.0. The molecular weight excluding hydrogens is 470 g/mol. The van der Waals surface area contributed by atoms with Crippen molar-refractivity contribution in [3.63, 3.8) is 0 Å². The number of hydrogen-bond donors (Lipinski definition) is 1. The van der Waals surface area contributed by atoms with Crippen LogP contribution in [0.5, 0.6) is 5.75 Å². The van der Waals surface area contributed by atoms with Gasteiger partial charge in [0.05, 0.1) is 6.54 Å². The first-order valence-electron chi connectivity index (χ1n) is 10.2. The highest BCUT2D eigenvalue weighted by Crippen LogP contribution is 2.20. The average Bonchev–Trinajstić information content (AvgIpc) is 3.13. The lowest BCUT2D eigenvalue weighted by Crippen LogP contribution is -2.44. The molecule has 7 heteroatoms. The molecule has 158 valence electrons. The number of halogens is 2. The Morgan fingerprint density at radius 2 is 1.93 bits per heavy atom. The molecule has 2 unspecified atom stereocenters. The molecule has 3 rings (SSSR count). The number of hydrogen-bond acceptors (Lipinski definition) is 3. The van der Waals surface area contributed by atoms with Gasteiger partial charge in [0.1, 0.15) is 17.7 Å². The Hall–Kier alpha value is -1.09. The minimum atomic E-state index is -0.248. The van der Waals surface area contributed by atoms with E-state index in [1.165, 1.54) is 57.5 Å². The maximum atomic E-state index is 13.0. The first-order chi connectivity index (χ1) is 13.1. The van der Waals surface area contributed by atoms with Crippen LogP contribution in [0, 0.1) is 11.7 Å². The quantitative estimate of drug-likeness (QED) is 0.365. The zero-order valence-electron chi connectivity index (χ0n) is 17.1. The molecule has 2 saturated heterocycles. The van der Waals surface area contributed by atoms with Gasteiger partial charge in [0.25, 0.3) is 0 Å². The third kappa shape index (κ3) is 7.06. The zero-order valence-corrected chi connectivity index (χ0v) is 19.4. The van der Waals surface area contributed by atoms with Gasteiger partial charge in [0, 0.05) is 26.7 Å². The Labute approximate surface area is 185 Å². The van der Waals surface area contributed by atoms with E-state index >= 15 is 0 Å². The molecule has 0 aromatic heterocycles. The predicted molar refractivity (Wildman–Crippen MR) is 123 cm³/mol. The van der Waals surface area contributed by atoms with Crippen LogP contribution in [0.4, 0.5) is 4.39 Å². The van der Waals surface area contributed by atoms with Crippen molar-refractivity contribution in [2.75, 3.05) is 46.3 Å². The fourth-order valence-electron chi connectivity index (χ4n) is 4.04. The second-order valence-corrected chi connectivity index (χ2v) is 7.77. The fraction of sp³-hybridized carbons (Fsp3) is 0.667. The Bertz CT molecular complexity index is 607. The molecule has 0 spiro atoms. The number of nitrogens with zero attached hydrogens (tertiary/aromatic N) is 3. The molecule has 5 nitrogen and oxygen atoms in total. The summed E-state index contributed by atoms with van der Waals surface area (Å²) >= 11 is 0. The Balaban J connectivity index is 0.00000280. The van der Waals surface area contributed by atoms with Crippen LogP contribution in [0.3, 0.4) is 0 Å². The van der Waals surface area contributed by atoms with Crippen LogP contribution in [0.15, 0.2) is 29.3 Å². The third-order valence-electron chi connectivity index (χ3n) is 5.46. The summed E-state index contributed by atoms with van der Waals surface area (Å²) in [5.74, 6) is 2.12. The molecule has 1 aromatic carbocycles. The van der Waals surface area contributed by atoms with Crippen molar-refractivity contribution in [1.29, 1.82) is 0 Å². The molecular formula is C21H34FIN4O. The molecule has 0 bridgehead atoms. The lowest BCUT2D eigenvalue weighted by Gasteiger charge is -2.29. The molecule has 0 radical (unpaired) electrons. The number of aliphatic imine (C=N–C) groups is 1. The van der Waals surface area contributed by atoms with E-state index in [2.05, 4.69) is 20.1 Å². The van der Waals surface area contributed by atoms with Crippen LogP contribution in [0.2, 0.25) is 0 Å². The minimum Gasteiger partial charge on any atom is -0.489 e. The van der Waals surface area contributed by atoms with Gasteiger partial charge in [-0.05, 0) is 69.5 Å². The van der Waals surface area contributed by atoms with Gasteiger partial charge in [-0.15, -0.1) is 24.0 Å². The highest BCUT2D eigenvalue weighted by Gasteiger charge is 2.27. The average molecular weight is 504 g/mol. The molecule has 2 aliphatic heterocycles. The van der Waals surface area contributed by atoms with Crippen LogP contribution in [0.1, 0.15) is 32.6 Å². The zero-order chi connectivity index (χ0) is 19.1. The maximum absolute atomic E-state index is 13.0. The van der Waals surface area contributed by atoms with Gasteiger partial charge < -0.3 is 19.9 Å². The van der Waals surface area contributed by atoms with Crippen molar-refractivity contribution in [2.45, 2.75) is 38.7 Å². The summed E-state index contributed by atoms with van der Waals surface area (Å²) in [6.45, 7) is 8.56. The number of piperidine rings is 1. The SMILES string of the molecule is CN=C(NCC(C)Oc1ccc(F)cc1)N1CCC(CN2CCCCC2)C1.I. The van der Waals surface area contributed by atoms with Crippen molar-refractivity contribution in [1.82, 2.24) is 15.1 Å². The van der Waals surface area contributed by atoms with E-state index in [4.69, 9.17) is 4.74 Å². The van der Waals surface area contributed by atoms with Gasteiger partial charge in [-0.2, -0.15) is 0 Å². The smallest absolute Gasteiger partial charge is 0.193 e. The van der Waals surface area contributed by atoms with Gasteiger partial charge in [0.15, 0.2) is 5.96 Å². The molecule has 2 heterocycles. The molecule has 28 heavy (non-hydrogen) atoms. The standard InChI is InChI=1S/C21H33FN4O.HI/c1-17(27-20-8-6-19(22)7-9-20)14-24-21(23-2)26-13-10-18(16-26)15-25-11-4-3-5-12-25;/h6-9,17-18H,3-5,10-16H2,1-2H3,(H,23,24);1H. The first-order valence-corrected chi connectivity index (χ1v) is 10.2. The third-order valence-corrected chi connectivity index (χ3v) is 5.46. The van der Waals surface area contributed by atoms with Crippen LogP contribution in [-0.4, -0.2) is 68.2 Å². The monoisotopic (exact) mass is 504 g/mol. The van der Waals surface area contributed by atoms with Crippen LogP contribution < -0.4 is 10.1 Å². The van der Waals surface area contributed by atoms with E-state index in [0.29, 0.717) is 12.3 Å². The van der Waals surface area contributed by atoms with Crippen molar-refractivity contribution in [3.8, 4) is 5.75 Å². The van der Waals surface area contributed by atoms with E-state index < -0.39 is 0 Å². The van der Waals surface area contributed by atoms with E-state index in [1.807, 2.05) is 14.0 Å². The summed E-state index contributed by atoms with van der Waals surface area (Å²) in [6, 6.07) is 6.15. The van der Waals surface area contributed by atoms with E-state index in [1.54, 1.807) is 12.1 Å². The van der Waals surface area contributed by atoms with Crippen molar-refractivity contribution in [3.05, 3.63) is 30.1 Å². The Kier molecular flexibility index (Phi) is 9.77. The number of rotatable bonds is 6. The molecule has 0 aliphatic carbocycles.